The van der Waals surface area contributed by atoms with E-state index in [1.54, 1.807) is 6.92 Å². The van der Waals surface area contributed by atoms with Crippen LogP contribution in [0.25, 0.3) is 0 Å². The molecule has 0 fully saturated rings. The Morgan fingerprint density at radius 2 is 1.85 bits per heavy atom. The lowest BCUT2D eigenvalue weighted by Crippen LogP contribution is -2.41. The molecule has 11 heteroatoms. The van der Waals surface area contributed by atoms with Crippen molar-refractivity contribution in [3.63, 3.8) is 0 Å². The third kappa shape index (κ3) is 4.27. The van der Waals surface area contributed by atoms with E-state index in [0.29, 0.717) is 6.54 Å². The van der Waals surface area contributed by atoms with Gasteiger partial charge in [0.05, 0.1) is 18.9 Å². The maximum absolute atomic E-state index is 12.6. The summed E-state index contributed by atoms with van der Waals surface area (Å²) >= 11 is 0. The summed E-state index contributed by atoms with van der Waals surface area (Å²) in [6.45, 7) is 0.564. The van der Waals surface area contributed by atoms with Crippen LogP contribution in [0.1, 0.15) is 6.92 Å². The molecule has 0 radical (unpaired) electrons. The average molecular weight is 316 g/mol. The Morgan fingerprint density at radius 3 is 2.30 bits per heavy atom. The van der Waals surface area contributed by atoms with Crippen LogP contribution < -0.4 is 10.0 Å². The first-order valence-electron chi connectivity index (χ1n) is 5.40. The number of halogens is 4. The van der Waals surface area contributed by atoms with E-state index in [2.05, 4.69) is 15.3 Å². The number of sulfonamides is 1. The monoisotopic (exact) mass is 316 g/mol. The van der Waals surface area contributed by atoms with Crippen molar-refractivity contribution in [2.75, 3.05) is 18.4 Å². The summed E-state index contributed by atoms with van der Waals surface area (Å²) in [4.78, 5) is 6.78. The standard InChI is InChI=1S/C9H12F4N4O2S/c1-2-14-8-15-3-6(4-16-8)20(18,19)17-5-9(12,13)7(10)11/h3-4,7,17H,2,5H2,1H3,(H,14,15,16). The number of aromatic nitrogens is 2. The van der Waals surface area contributed by atoms with Crippen molar-refractivity contribution < 1.29 is 26.0 Å². The summed E-state index contributed by atoms with van der Waals surface area (Å²) in [6.07, 6.45) is -2.20. The van der Waals surface area contributed by atoms with Gasteiger partial charge in [-0.1, -0.05) is 0 Å². The number of anilines is 1. The molecule has 0 bridgehead atoms. The second kappa shape index (κ2) is 6.31. The van der Waals surface area contributed by atoms with Crippen LogP contribution in [-0.2, 0) is 10.0 Å². The van der Waals surface area contributed by atoms with Crippen LogP contribution in [0.5, 0.6) is 0 Å². The predicted molar refractivity (Wildman–Crippen MR) is 62.3 cm³/mol. The molecule has 1 heterocycles. The minimum atomic E-state index is -4.45. The molecule has 114 valence electrons. The molecule has 6 nitrogen and oxygen atoms in total. The number of hydrogen-bond donors (Lipinski definition) is 2. The zero-order chi connectivity index (χ0) is 15.4. The highest BCUT2D eigenvalue weighted by Gasteiger charge is 2.41. The van der Waals surface area contributed by atoms with Gasteiger partial charge in [-0.25, -0.2) is 31.9 Å². The highest BCUT2D eigenvalue weighted by Crippen LogP contribution is 2.22. The Kier molecular flexibility index (Phi) is 5.22. The van der Waals surface area contributed by atoms with Gasteiger partial charge in [-0.05, 0) is 6.92 Å². The first-order chi connectivity index (χ1) is 9.19. The normalized spacial score (nSPS) is 12.7. The molecule has 0 saturated heterocycles. The molecule has 1 rings (SSSR count). The van der Waals surface area contributed by atoms with Crippen molar-refractivity contribution in [2.24, 2.45) is 0 Å². The van der Waals surface area contributed by atoms with Gasteiger partial charge in [0.2, 0.25) is 16.0 Å². The van der Waals surface area contributed by atoms with Crippen LogP contribution in [-0.4, -0.2) is 43.8 Å². The molecule has 20 heavy (non-hydrogen) atoms. The summed E-state index contributed by atoms with van der Waals surface area (Å²) in [5.74, 6) is -4.29. The molecule has 0 aliphatic carbocycles. The molecule has 0 aromatic carbocycles. The van der Waals surface area contributed by atoms with E-state index in [4.69, 9.17) is 0 Å². The maximum atomic E-state index is 12.6. The molecule has 0 aliphatic heterocycles. The lowest BCUT2D eigenvalue weighted by Gasteiger charge is -2.15. The molecule has 2 N–H and O–H groups in total. The highest BCUT2D eigenvalue weighted by molar-refractivity contribution is 7.89. The SMILES string of the molecule is CCNc1ncc(S(=O)(=O)NCC(F)(F)C(F)F)cn1. The van der Waals surface area contributed by atoms with Gasteiger partial charge in [0.15, 0.2) is 0 Å². The van der Waals surface area contributed by atoms with E-state index < -0.39 is 33.8 Å². The number of alkyl halides is 4. The molecule has 0 saturated carbocycles. The largest absolute Gasteiger partial charge is 0.355 e. The Morgan fingerprint density at radius 1 is 1.30 bits per heavy atom. The van der Waals surface area contributed by atoms with Gasteiger partial charge in [0, 0.05) is 6.54 Å². The summed E-state index contributed by atoms with van der Waals surface area (Å²) in [5.41, 5.74) is 0. The molecule has 0 aliphatic rings. The predicted octanol–water partition coefficient (Wildman–Crippen LogP) is 1.09. The van der Waals surface area contributed by atoms with Gasteiger partial charge in [0.25, 0.3) is 0 Å². The molecule has 1 aromatic heterocycles. The van der Waals surface area contributed by atoms with Crippen LogP contribution >= 0.6 is 0 Å². The number of nitrogens with zero attached hydrogens (tertiary/aromatic N) is 2. The number of rotatable bonds is 7. The minimum Gasteiger partial charge on any atom is -0.355 e. The average Bonchev–Trinajstić information content (AvgIpc) is 2.38. The third-order valence-corrected chi connectivity index (χ3v) is 3.45. The van der Waals surface area contributed by atoms with Crippen LogP contribution in [0, 0.1) is 0 Å². The molecule has 0 spiro atoms. The quantitative estimate of drug-likeness (QED) is 0.736. The van der Waals surface area contributed by atoms with Crippen LogP contribution in [0.15, 0.2) is 17.3 Å². The van der Waals surface area contributed by atoms with E-state index >= 15 is 0 Å². The molecule has 0 atom stereocenters. The van der Waals surface area contributed by atoms with Gasteiger partial charge < -0.3 is 5.32 Å². The second-order valence-electron chi connectivity index (χ2n) is 3.66. The minimum absolute atomic E-state index is 0.157. The van der Waals surface area contributed by atoms with Crippen LogP contribution in [0.2, 0.25) is 0 Å². The lowest BCUT2D eigenvalue weighted by molar-refractivity contribution is -0.122. The summed E-state index contributed by atoms with van der Waals surface area (Å²) in [5, 5.41) is 2.70. The molecule has 1 aromatic rings. The van der Waals surface area contributed by atoms with Crippen molar-refractivity contribution in [3.8, 4) is 0 Å². The van der Waals surface area contributed by atoms with E-state index in [1.807, 2.05) is 0 Å². The summed E-state index contributed by atoms with van der Waals surface area (Å²) < 4.78 is 73.6. The van der Waals surface area contributed by atoms with E-state index in [1.165, 1.54) is 4.72 Å². The van der Waals surface area contributed by atoms with Crippen molar-refractivity contribution in [3.05, 3.63) is 12.4 Å². The Balaban J connectivity index is 2.79. The summed E-state index contributed by atoms with van der Waals surface area (Å²) in [7, 11) is -4.37. The lowest BCUT2D eigenvalue weighted by atomic mass is 10.4. The molecule has 0 amide bonds. The molecular formula is C9H12F4N4O2S. The van der Waals surface area contributed by atoms with E-state index in [9.17, 15) is 26.0 Å². The zero-order valence-corrected chi connectivity index (χ0v) is 11.1. The first-order valence-corrected chi connectivity index (χ1v) is 6.89. The zero-order valence-electron chi connectivity index (χ0n) is 10.3. The maximum Gasteiger partial charge on any atom is 0.320 e. The van der Waals surface area contributed by atoms with E-state index in [-0.39, 0.29) is 5.95 Å². The second-order valence-corrected chi connectivity index (χ2v) is 5.43. The Bertz CT molecular complexity index is 535. The van der Waals surface area contributed by atoms with Gasteiger partial charge in [-0.15, -0.1) is 0 Å². The number of nitrogens with one attached hydrogen (secondary N) is 2. The van der Waals surface area contributed by atoms with Gasteiger partial charge in [0.1, 0.15) is 4.90 Å². The van der Waals surface area contributed by atoms with Crippen molar-refractivity contribution >= 4 is 16.0 Å². The Hall–Kier alpha value is -1.49. The fourth-order valence-corrected chi connectivity index (χ4v) is 1.99. The fraction of sp³-hybridized carbons (Fsp3) is 0.556. The van der Waals surface area contributed by atoms with Crippen molar-refractivity contribution in [1.29, 1.82) is 0 Å². The summed E-state index contributed by atoms with van der Waals surface area (Å²) in [6, 6.07) is 0. The van der Waals surface area contributed by atoms with Crippen molar-refractivity contribution in [2.45, 2.75) is 24.2 Å². The molecular weight excluding hydrogens is 304 g/mol. The van der Waals surface area contributed by atoms with Gasteiger partial charge >= 0.3 is 12.3 Å². The number of hydrogen-bond acceptors (Lipinski definition) is 5. The van der Waals surface area contributed by atoms with Gasteiger partial charge in [-0.3, -0.25) is 0 Å². The molecule has 0 unspecified atom stereocenters. The third-order valence-electron chi connectivity index (χ3n) is 2.09. The topological polar surface area (TPSA) is 84.0 Å². The highest BCUT2D eigenvalue weighted by atomic mass is 32.2. The smallest absolute Gasteiger partial charge is 0.320 e. The fourth-order valence-electron chi connectivity index (χ4n) is 1.06. The Labute approximate surface area is 112 Å². The first kappa shape index (κ1) is 16.6. The van der Waals surface area contributed by atoms with Crippen molar-refractivity contribution in [1.82, 2.24) is 14.7 Å². The van der Waals surface area contributed by atoms with E-state index in [0.717, 1.165) is 12.4 Å². The van der Waals surface area contributed by atoms with Crippen LogP contribution in [0.4, 0.5) is 23.5 Å². The van der Waals surface area contributed by atoms with Crippen LogP contribution in [0.3, 0.4) is 0 Å². The van der Waals surface area contributed by atoms with Gasteiger partial charge in [-0.2, -0.15) is 8.78 Å².